The second-order valence-corrected chi connectivity index (χ2v) is 10.6. The van der Waals surface area contributed by atoms with Crippen LogP contribution >= 0.6 is 0 Å². The van der Waals surface area contributed by atoms with Crippen LogP contribution in [-0.4, -0.2) is 16.8 Å². The molecule has 2 aromatic rings. The quantitative estimate of drug-likeness (QED) is 0.224. The Morgan fingerprint density at radius 3 is 2.11 bits per heavy atom. The number of nitrogens with zero attached hydrogens (tertiary/aromatic N) is 2. The molecule has 3 rings (SSSR count). The van der Waals surface area contributed by atoms with Gasteiger partial charge < -0.3 is 4.74 Å². The van der Waals surface area contributed by atoms with E-state index >= 15 is 0 Å². The zero-order valence-electron chi connectivity index (χ0n) is 22.2. The Balaban J connectivity index is 1.39. The van der Waals surface area contributed by atoms with Crippen molar-refractivity contribution in [1.29, 1.82) is 0 Å². The number of ether oxygens (including phenoxy) is 1. The van der Waals surface area contributed by atoms with Gasteiger partial charge in [0.25, 0.3) is 0 Å². The molecule has 0 aliphatic heterocycles. The molecule has 1 fully saturated rings. The summed E-state index contributed by atoms with van der Waals surface area (Å²) in [4.78, 5) is 0. The average Bonchev–Trinajstić information content (AvgIpc) is 2.89. The lowest BCUT2D eigenvalue weighted by Crippen LogP contribution is -2.15. The van der Waals surface area contributed by atoms with E-state index in [0.717, 1.165) is 42.2 Å². The summed E-state index contributed by atoms with van der Waals surface area (Å²) in [6, 6.07) is 9.22. The normalized spacial score (nSPS) is 18.0. The minimum absolute atomic E-state index is 0.124. The Bertz CT molecular complexity index is 830. The number of hydrogen-bond acceptors (Lipinski definition) is 3. The summed E-state index contributed by atoms with van der Waals surface area (Å²) in [7, 11) is 0. The molecule has 0 unspecified atom stereocenters. The van der Waals surface area contributed by atoms with Gasteiger partial charge in [0.1, 0.15) is 5.82 Å². The molecule has 1 saturated carbocycles. The summed E-state index contributed by atoms with van der Waals surface area (Å²) in [6.45, 7) is 5.14. The van der Waals surface area contributed by atoms with Crippen LogP contribution in [0.1, 0.15) is 116 Å². The Hall–Kier alpha value is -1.97. The number of hydrogen-bond donors (Lipinski definition) is 0. The number of benzene rings is 1. The van der Waals surface area contributed by atoms with Crippen LogP contribution in [0.15, 0.2) is 30.3 Å². The van der Waals surface area contributed by atoms with Crippen molar-refractivity contribution in [3.63, 3.8) is 0 Å². The zero-order valence-corrected chi connectivity index (χ0v) is 22.2. The summed E-state index contributed by atoms with van der Waals surface area (Å²) >= 11 is 0. The molecule has 35 heavy (non-hydrogen) atoms. The molecule has 0 radical (unpaired) electrons. The highest BCUT2D eigenvalue weighted by molar-refractivity contribution is 5.59. The predicted octanol–water partition coefficient (Wildman–Crippen LogP) is 9.34. The maximum atomic E-state index is 14.9. The van der Waals surface area contributed by atoms with Gasteiger partial charge in [-0.05, 0) is 48.8 Å². The second-order valence-electron chi connectivity index (χ2n) is 10.6. The van der Waals surface area contributed by atoms with Gasteiger partial charge in [-0.2, -0.15) is 0 Å². The fourth-order valence-electron chi connectivity index (χ4n) is 5.37. The molecular formula is C31H47FN2O. The SMILES string of the molecule is CCCCCCCC1CCC(CCc2ccc(-c3ccc(OCCCCCC)nn3)cc2F)CC1. The predicted molar refractivity (Wildman–Crippen MR) is 144 cm³/mol. The lowest BCUT2D eigenvalue weighted by atomic mass is 9.77. The van der Waals surface area contributed by atoms with E-state index in [1.165, 1.54) is 83.5 Å². The van der Waals surface area contributed by atoms with Crippen LogP contribution < -0.4 is 4.74 Å². The third-order valence-corrected chi connectivity index (χ3v) is 7.74. The van der Waals surface area contributed by atoms with E-state index in [1.54, 1.807) is 6.07 Å². The summed E-state index contributed by atoms with van der Waals surface area (Å²) in [5.74, 6) is 2.10. The molecule has 1 aliphatic carbocycles. The van der Waals surface area contributed by atoms with E-state index in [9.17, 15) is 4.39 Å². The third kappa shape index (κ3) is 9.89. The molecule has 1 aromatic carbocycles. The van der Waals surface area contributed by atoms with Crippen molar-refractivity contribution >= 4 is 0 Å². The first-order chi connectivity index (χ1) is 17.2. The zero-order chi connectivity index (χ0) is 24.7. The Morgan fingerprint density at radius 2 is 1.46 bits per heavy atom. The Labute approximate surface area is 213 Å². The minimum Gasteiger partial charge on any atom is -0.477 e. The number of rotatable bonds is 16. The van der Waals surface area contributed by atoms with Crippen molar-refractivity contribution in [3.8, 4) is 17.1 Å². The highest BCUT2D eigenvalue weighted by Crippen LogP contribution is 2.34. The number of halogens is 1. The topological polar surface area (TPSA) is 35.0 Å². The molecule has 3 nitrogen and oxygen atoms in total. The molecule has 1 aromatic heterocycles. The van der Waals surface area contributed by atoms with Crippen LogP contribution in [0.2, 0.25) is 0 Å². The van der Waals surface area contributed by atoms with Crippen LogP contribution in [0.25, 0.3) is 11.3 Å². The molecule has 1 aliphatic rings. The summed E-state index contributed by atoms with van der Waals surface area (Å²) in [5, 5.41) is 8.42. The molecule has 1 heterocycles. The highest BCUT2D eigenvalue weighted by Gasteiger charge is 2.21. The first kappa shape index (κ1) is 27.6. The second kappa shape index (κ2) is 15.9. The van der Waals surface area contributed by atoms with Crippen LogP contribution in [-0.2, 0) is 6.42 Å². The van der Waals surface area contributed by atoms with E-state index < -0.39 is 0 Å². The van der Waals surface area contributed by atoms with E-state index in [2.05, 4.69) is 24.0 Å². The molecule has 0 atom stereocenters. The van der Waals surface area contributed by atoms with E-state index in [-0.39, 0.29) is 5.82 Å². The maximum absolute atomic E-state index is 14.9. The highest BCUT2D eigenvalue weighted by atomic mass is 19.1. The Kier molecular flexibility index (Phi) is 12.6. The first-order valence-electron chi connectivity index (χ1n) is 14.4. The van der Waals surface area contributed by atoms with E-state index in [1.807, 2.05) is 24.3 Å². The van der Waals surface area contributed by atoms with Gasteiger partial charge in [0, 0.05) is 11.6 Å². The molecule has 0 saturated heterocycles. The Morgan fingerprint density at radius 1 is 0.771 bits per heavy atom. The summed E-state index contributed by atoms with van der Waals surface area (Å²) < 4.78 is 20.5. The van der Waals surface area contributed by atoms with Gasteiger partial charge in [0.15, 0.2) is 0 Å². The van der Waals surface area contributed by atoms with Gasteiger partial charge in [0.05, 0.1) is 12.3 Å². The molecule has 194 valence electrons. The van der Waals surface area contributed by atoms with Gasteiger partial charge in [-0.1, -0.05) is 109 Å². The number of aryl methyl sites for hydroxylation is 1. The van der Waals surface area contributed by atoms with Crippen molar-refractivity contribution in [3.05, 3.63) is 41.7 Å². The van der Waals surface area contributed by atoms with Gasteiger partial charge in [0.2, 0.25) is 5.88 Å². The first-order valence-corrected chi connectivity index (χ1v) is 14.4. The summed E-state index contributed by atoms with van der Waals surface area (Å²) in [5.41, 5.74) is 2.28. The van der Waals surface area contributed by atoms with Crippen LogP contribution in [0.3, 0.4) is 0 Å². The largest absolute Gasteiger partial charge is 0.477 e. The monoisotopic (exact) mass is 482 g/mol. The fraction of sp³-hybridized carbons (Fsp3) is 0.677. The van der Waals surface area contributed by atoms with E-state index in [0.29, 0.717) is 18.2 Å². The van der Waals surface area contributed by atoms with E-state index in [4.69, 9.17) is 4.74 Å². The molecule has 4 heteroatoms. The molecule has 0 amide bonds. The lowest BCUT2D eigenvalue weighted by Gasteiger charge is -2.28. The minimum atomic E-state index is -0.124. The molecule has 0 spiro atoms. The van der Waals surface area contributed by atoms with Crippen molar-refractivity contribution in [2.24, 2.45) is 11.8 Å². The molecular weight excluding hydrogens is 435 g/mol. The van der Waals surface area contributed by atoms with Crippen molar-refractivity contribution in [2.75, 3.05) is 6.61 Å². The molecule has 0 N–H and O–H groups in total. The molecule has 0 bridgehead atoms. The van der Waals surface area contributed by atoms with Crippen molar-refractivity contribution in [2.45, 2.75) is 117 Å². The number of unbranched alkanes of at least 4 members (excludes halogenated alkanes) is 7. The fourth-order valence-corrected chi connectivity index (χ4v) is 5.37. The standard InChI is InChI=1S/C31H47FN2O/c1-3-5-7-9-10-12-25-13-15-26(16-14-25)17-18-27-19-20-28(24-29(27)32)30-21-22-31(34-33-30)35-23-11-8-6-4-2/h19-22,24-26H,3-18,23H2,1-2H3. The third-order valence-electron chi connectivity index (χ3n) is 7.74. The van der Waals surface area contributed by atoms with Crippen LogP contribution in [0.5, 0.6) is 5.88 Å². The van der Waals surface area contributed by atoms with Crippen molar-refractivity contribution < 1.29 is 9.13 Å². The van der Waals surface area contributed by atoms with Crippen LogP contribution in [0, 0.1) is 17.7 Å². The smallest absolute Gasteiger partial charge is 0.233 e. The average molecular weight is 483 g/mol. The van der Waals surface area contributed by atoms with Crippen LogP contribution in [0.4, 0.5) is 4.39 Å². The van der Waals surface area contributed by atoms with Crippen molar-refractivity contribution in [1.82, 2.24) is 10.2 Å². The number of aromatic nitrogens is 2. The van der Waals surface area contributed by atoms with Gasteiger partial charge >= 0.3 is 0 Å². The maximum Gasteiger partial charge on any atom is 0.233 e. The summed E-state index contributed by atoms with van der Waals surface area (Å²) in [6.07, 6.45) is 20.3. The lowest BCUT2D eigenvalue weighted by molar-refractivity contribution is 0.248. The van der Waals surface area contributed by atoms with Gasteiger partial charge in [-0.15, -0.1) is 10.2 Å². The van der Waals surface area contributed by atoms with Gasteiger partial charge in [-0.25, -0.2) is 4.39 Å². The van der Waals surface area contributed by atoms with Gasteiger partial charge in [-0.3, -0.25) is 0 Å².